The lowest BCUT2D eigenvalue weighted by Gasteiger charge is -2.27. The van der Waals surface area contributed by atoms with Crippen molar-refractivity contribution in [2.45, 2.75) is 25.7 Å². The van der Waals surface area contributed by atoms with Crippen LogP contribution in [0.25, 0.3) is 0 Å². The summed E-state index contributed by atoms with van der Waals surface area (Å²) in [6.07, 6.45) is 0. The van der Waals surface area contributed by atoms with Gasteiger partial charge in [0.25, 0.3) is 10.1 Å². The quantitative estimate of drug-likeness (QED) is 0.207. The summed E-state index contributed by atoms with van der Waals surface area (Å²) in [5.74, 6) is 11.1. The summed E-state index contributed by atoms with van der Waals surface area (Å²) in [6, 6.07) is -2.18. The van der Waals surface area contributed by atoms with Crippen LogP contribution in [0.1, 0.15) is 16.7 Å². The molecule has 0 spiro atoms. The van der Waals surface area contributed by atoms with E-state index in [0.29, 0.717) is 10.0 Å². The van der Waals surface area contributed by atoms with E-state index >= 15 is 0 Å². The molecule has 0 aromatic heterocycles. The molecule has 0 radical (unpaired) electrons. The number of primary amides is 2. The van der Waals surface area contributed by atoms with Crippen molar-refractivity contribution >= 4 is 33.6 Å². The monoisotopic (exact) mass is 346 g/mol. The number of urea groups is 2. The van der Waals surface area contributed by atoms with Crippen LogP contribution in [0.15, 0.2) is 4.90 Å². The molecule has 0 atom stereocenters. The van der Waals surface area contributed by atoms with E-state index in [1.807, 2.05) is 0 Å². The molecule has 0 aliphatic carbocycles. The van der Waals surface area contributed by atoms with Gasteiger partial charge in [0, 0.05) is 5.56 Å². The van der Waals surface area contributed by atoms with Crippen LogP contribution < -0.4 is 33.2 Å². The van der Waals surface area contributed by atoms with Crippen LogP contribution in [0.4, 0.5) is 21.0 Å². The Morgan fingerprint density at radius 1 is 0.870 bits per heavy atom. The lowest BCUT2D eigenvalue weighted by molar-refractivity contribution is 0.253. The molecular formula is C11H18N6O5S. The SMILES string of the molecule is Cc1c(N(N)C(N)=O)c(C)c(S(=O)(=O)O)c(C)c1N(N)C(N)=O. The van der Waals surface area contributed by atoms with E-state index in [2.05, 4.69) is 0 Å². The fourth-order valence-electron chi connectivity index (χ4n) is 2.50. The van der Waals surface area contributed by atoms with Gasteiger partial charge in [-0.2, -0.15) is 8.42 Å². The smallest absolute Gasteiger partial charge is 0.333 e. The fourth-order valence-corrected chi connectivity index (χ4v) is 3.47. The Morgan fingerprint density at radius 2 is 1.17 bits per heavy atom. The second-order valence-corrected chi connectivity index (χ2v) is 6.15. The molecule has 4 amide bonds. The largest absolute Gasteiger partial charge is 0.350 e. The lowest BCUT2D eigenvalue weighted by Crippen LogP contribution is -2.45. The van der Waals surface area contributed by atoms with E-state index in [4.69, 9.17) is 23.2 Å². The molecule has 0 aliphatic heterocycles. The van der Waals surface area contributed by atoms with Crippen LogP contribution in [-0.2, 0) is 10.1 Å². The van der Waals surface area contributed by atoms with Crippen LogP contribution in [0, 0.1) is 20.8 Å². The second-order valence-electron chi connectivity index (χ2n) is 4.79. The molecule has 128 valence electrons. The van der Waals surface area contributed by atoms with Gasteiger partial charge in [-0.25, -0.2) is 31.3 Å². The molecule has 1 aromatic rings. The first-order chi connectivity index (χ1) is 10.3. The molecule has 12 heteroatoms. The summed E-state index contributed by atoms with van der Waals surface area (Å²) in [7, 11) is -4.71. The molecule has 0 heterocycles. The van der Waals surface area contributed by atoms with Gasteiger partial charge in [0.05, 0.1) is 11.4 Å². The van der Waals surface area contributed by atoms with Gasteiger partial charge in [-0.3, -0.25) is 4.55 Å². The number of hydrogen-bond donors (Lipinski definition) is 5. The first-order valence-electron chi connectivity index (χ1n) is 6.12. The van der Waals surface area contributed by atoms with E-state index < -0.39 is 27.1 Å². The van der Waals surface area contributed by atoms with Gasteiger partial charge >= 0.3 is 12.1 Å². The molecule has 23 heavy (non-hydrogen) atoms. The van der Waals surface area contributed by atoms with Crippen molar-refractivity contribution in [1.82, 2.24) is 0 Å². The number of carbonyl (C=O) groups is 2. The summed E-state index contributed by atoms with van der Waals surface area (Å²) in [6.45, 7) is 4.07. The minimum Gasteiger partial charge on any atom is -0.350 e. The molecule has 0 saturated heterocycles. The Morgan fingerprint density at radius 3 is 1.39 bits per heavy atom. The lowest BCUT2D eigenvalue weighted by atomic mass is 10.0. The highest BCUT2D eigenvalue weighted by atomic mass is 32.2. The molecule has 0 bridgehead atoms. The average Bonchev–Trinajstić information content (AvgIpc) is 2.35. The van der Waals surface area contributed by atoms with E-state index in [0.717, 1.165) is 0 Å². The second kappa shape index (κ2) is 6.00. The summed E-state index contributed by atoms with van der Waals surface area (Å²) in [5.41, 5.74) is 10.1. The standard InChI is InChI=1S/C11H18N6O5S/c1-4-7(16(14)10(12)18)5(2)9(23(20,21)22)6(3)8(4)17(15)11(13)19/h14-15H2,1-3H3,(H2,12,18)(H2,13,19)(H,20,21,22). The molecule has 0 fully saturated rings. The third-order valence-electron chi connectivity index (χ3n) is 3.32. The van der Waals surface area contributed by atoms with Crippen LogP contribution in [0.3, 0.4) is 0 Å². The van der Waals surface area contributed by atoms with Crippen LogP contribution in [-0.4, -0.2) is 25.0 Å². The number of nitrogens with zero attached hydrogens (tertiary/aromatic N) is 2. The zero-order valence-electron chi connectivity index (χ0n) is 12.7. The van der Waals surface area contributed by atoms with E-state index in [-0.39, 0.29) is 28.1 Å². The highest BCUT2D eigenvalue weighted by Gasteiger charge is 2.30. The first kappa shape index (κ1) is 18.6. The minimum absolute atomic E-state index is 0.0366. The Bertz CT molecular complexity index is 744. The number of nitrogens with two attached hydrogens (primary N) is 4. The summed E-state index contributed by atoms with van der Waals surface area (Å²) in [5, 5.41) is 0.967. The van der Waals surface area contributed by atoms with Crippen molar-refractivity contribution in [1.29, 1.82) is 0 Å². The van der Waals surface area contributed by atoms with Crippen molar-refractivity contribution in [3.8, 4) is 0 Å². The predicted molar refractivity (Wildman–Crippen MR) is 83.0 cm³/mol. The minimum atomic E-state index is -4.71. The molecule has 0 unspecified atom stereocenters. The Labute approximate surface area is 132 Å². The highest BCUT2D eigenvalue weighted by molar-refractivity contribution is 7.86. The molecule has 11 nitrogen and oxygen atoms in total. The fraction of sp³-hybridized carbons (Fsp3) is 0.273. The van der Waals surface area contributed by atoms with Crippen LogP contribution >= 0.6 is 0 Å². The molecule has 1 rings (SSSR count). The van der Waals surface area contributed by atoms with Gasteiger partial charge in [0.15, 0.2) is 0 Å². The molecule has 1 aromatic carbocycles. The van der Waals surface area contributed by atoms with Crippen molar-refractivity contribution < 1.29 is 22.6 Å². The molecule has 0 saturated carbocycles. The van der Waals surface area contributed by atoms with Gasteiger partial charge < -0.3 is 11.5 Å². The van der Waals surface area contributed by atoms with Gasteiger partial charge in [0.2, 0.25) is 0 Å². The van der Waals surface area contributed by atoms with Crippen LogP contribution in [0.5, 0.6) is 0 Å². The van der Waals surface area contributed by atoms with Gasteiger partial charge in [0.1, 0.15) is 4.90 Å². The first-order valence-corrected chi connectivity index (χ1v) is 7.56. The van der Waals surface area contributed by atoms with Gasteiger partial charge in [-0.05, 0) is 31.9 Å². The third-order valence-corrected chi connectivity index (χ3v) is 4.44. The van der Waals surface area contributed by atoms with Crippen molar-refractivity contribution in [2.75, 3.05) is 10.0 Å². The molecular weight excluding hydrogens is 328 g/mol. The number of anilines is 2. The normalized spacial score (nSPS) is 11.2. The Balaban J connectivity index is 4.05. The van der Waals surface area contributed by atoms with Crippen LogP contribution in [0.2, 0.25) is 0 Å². The Kier molecular flexibility index (Phi) is 4.86. The van der Waals surface area contributed by atoms with Gasteiger partial charge in [-0.15, -0.1) is 0 Å². The molecule has 9 N–H and O–H groups in total. The third kappa shape index (κ3) is 3.19. The molecule has 0 aliphatic rings. The summed E-state index contributed by atoms with van der Waals surface area (Å²) < 4.78 is 32.8. The number of hydrogen-bond acceptors (Lipinski definition) is 6. The van der Waals surface area contributed by atoms with Gasteiger partial charge in [-0.1, -0.05) is 0 Å². The van der Waals surface area contributed by atoms with E-state index in [1.165, 1.54) is 20.8 Å². The number of carbonyl (C=O) groups excluding carboxylic acids is 2. The van der Waals surface area contributed by atoms with Crippen molar-refractivity contribution in [3.63, 3.8) is 0 Å². The topological polar surface area (TPSA) is 199 Å². The van der Waals surface area contributed by atoms with Crippen molar-refractivity contribution in [2.24, 2.45) is 23.2 Å². The maximum absolute atomic E-state index is 11.7. The maximum Gasteiger partial charge on any atom is 0.333 e. The van der Waals surface area contributed by atoms with E-state index in [1.54, 1.807) is 0 Å². The van der Waals surface area contributed by atoms with Crippen molar-refractivity contribution in [3.05, 3.63) is 16.7 Å². The van der Waals surface area contributed by atoms with E-state index in [9.17, 15) is 22.6 Å². The zero-order chi connectivity index (χ0) is 18.3. The number of benzene rings is 1. The summed E-state index contributed by atoms with van der Waals surface area (Å²) >= 11 is 0. The zero-order valence-corrected chi connectivity index (χ0v) is 13.5. The number of rotatable bonds is 3. The highest BCUT2D eigenvalue weighted by Crippen LogP contribution is 2.39. The average molecular weight is 346 g/mol. The number of amides is 4. The summed E-state index contributed by atoms with van der Waals surface area (Å²) in [4.78, 5) is 22.1. The maximum atomic E-state index is 11.7. The Hall–Kier alpha value is -2.41. The number of hydrazine groups is 2. The predicted octanol–water partition coefficient (Wildman–Crippen LogP) is -0.624.